The lowest BCUT2D eigenvalue weighted by atomic mass is 9.80. The van der Waals surface area contributed by atoms with Gasteiger partial charge in [0.2, 0.25) is 0 Å². The van der Waals surface area contributed by atoms with Crippen molar-refractivity contribution in [1.82, 2.24) is 0 Å². The summed E-state index contributed by atoms with van der Waals surface area (Å²) in [4.78, 5) is 0. The molecule has 1 aromatic rings. The van der Waals surface area contributed by atoms with E-state index in [0.29, 0.717) is 0 Å². The predicted molar refractivity (Wildman–Crippen MR) is 77.8 cm³/mol. The minimum Gasteiger partial charge on any atom is -0.198 e. The fraction of sp³-hybridized carbons (Fsp3) is 0.611. The second-order valence-electron chi connectivity index (χ2n) is 6.54. The Morgan fingerprint density at radius 1 is 1.32 bits per heavy atom. The molecule has 0 amide bonds. The van der Waals surface area contributed by atoms with Crippen LogP contribution in [0.2, 0.25) is 0 Å². The zero-order valence-electron chi connectivity index (χ0n) is 11.9. The molecule has 2 aliphatic carbocycles. The van der Waals surface area contributed by atoms with Crippen molar-refractivity contribution < 1.29 is 0 Å². The van der Waals surface area contributed by atoms with Gasteiger partial charge in [-0.2, -0.15) is 5.26 Å². The summed E-state index contributed by atoms with van der Waals surface area (Å²) in [6, 6.07) is 9.60. The zero-order valence-corrected chi connectivity index (χ0v) is 11.9. The van der Waals surface area contributed by atoms with E-state index in [0.717, 1.165) is 25.2 Å². The number of hydrogen-bond donors (Lipinski definition) is 0. The van der Waals surface area contributed by atoms with Crippen LogP contribution in [0.15, 0.2) is 18.2 Å². The number of nitriles is 1. The van der Waals surface area contributed by atoms with E-state index in [4.69, 9.17) is 0 Å². The molecule has 0 aliphatic heterocycles. The number of rotatable bonds is 3. The maximum Gasteiger partial charge on any atom is 0.0693 e. The van der Waals surface area contributed by atoms with E-state index in [1.54, 1.807) is 0 Å². The molecule has 0 N–H and O–H groups in total. The van der Waals surface area contributed by atoms with Crippen molar-refractivity contribution in [2.75, 3.05) is 0 Å². The Labute approximate surface area is 116 Å². The minimum absolute atomic E-state index is 0.0759. The average Bonchev–Trinajstić information content (AvgIpc) is 3.05. The second-order valence-corrected chi connectivity index (χ2v) is 6.54. The van der Waals surface area contributed by atoms with Crippen LogP contribution in [0.5, 0.6) is 0 Å². The molecular weight excluding hydrogens is 230 g/mol. The normalized spacial score (nSPS) is 29.2. The molecule has 0 aromatic heterocycles. The standard InChI is InChI=1S/C18H23N/c1-2-14-8-9-18(11-14,13-19)12-15-6-7-16-4-3-5-17(16)10-15/h6-7,10,14H,2-5,8-9,11-12H2,1H3. The first-order valence-corrected chi connectivity index (χ1v) is 7.76. The Morgan fingerprint density at radius 2 is 2.16 bits per heavy atom. The summed E-state index contributed by atoms with van der Waals surface area (Å²) in [5, 5.41) is 9.63. The first-order chi connectivity index (χ1) is 9.24. The van der Waals surface area contributed by atoms with Gasteiger partial charge in [-0.05, 0) is 67.6 Å². The molecule has 1 saturated carbocycles. The van der Waals surface area contributed by atoms with Crippen molar-refractivity contribution in [2.24, 2.45) is 11.3 Å². The maximum atomic E-state index is 9.63. The summed E-state index contributed by atoms with van der Waals surface area (Å²) in [5.41, 5.74) is 4.38. The molecule has 0 saturated heterocycles. The van der Waals surface area contributed by atoms with Gasteiger partial charge in [-0.25, -0.2) is 0 Å². The second kappa shape index (κ2) is 5.00. The van der Waals surface area contributed by atoms with Gasteiger partial charge in [0.05, 0.1) is 11.5 Å². The molecule has 1 aromatic carbocycles. The van der Waals surface area contributed by atoms with E-state index in [1.165, 1.54) is 48.8 Å². The van der Waals surface area contributed by atoms with E-state index in [9.17, 15) is 5.26 Å². The summed E-state index contributed by atoms with van der Waals surface area (Å²) >= 11 is 0. The van der Waals surface area contributed by atoms with Gasteiger partial charge in [0.25, 0.3) is 0 Å². The molecule has 1 fully saturated rings. The van der Waals surface area contributed by atoms with Gasteiger partial charge in [-0.3, -0.25) is 0 Å². The summed E-state index contributed by atoms with van der Waals surface area (Å²) in [7, 11) is 0. The molecule has 2 aliphatic rings. The number of aryl methyl sites for hydroxylation is 2. The highest BCUT2D eigenvalue weighted by molar-refractivity contribution is 5.36. The van der Waals surface area contributed by atoms with Crippen molar-refractivity contribution in [3.63, 3.8) is 0 Å². The lowest BCUT2D eigenvalue weighted by Crippen LogP contribution is -2.18. The molecule has 1 heteroatoms. The molecule has 3 rings (SSSR count). The highest BCUT2D eigenvalue weighted by atomic mass is 14.4. The minimum atomic E-state index is -0.0759. The molecule has 0 bridgehead atoms. The molecule has 19 heavy (non-hydrogen) atoms. The van der Waals surface area contributed by atoms with Crippen molar-refractivity contribution in [2.45, 2.75) is 58.3 Å². The Morgan fingerprint density at radius 3 is 2.89 bits per heavy atom. The van der Waals surface area contributed by atoms with E-state index in [1.807, 2.05) is 0 Å². The lowest BCUT2D eigenvalue weighted by molar-refractivity contribution is 0.381. The molecular formula is C18H23N. The van der Waals surface area contributed by atoms with Crippen LogP contribution in [0.1, 0.15) is 55.7 Å². The summed E-state index contributed by atoms with van der Waals surface area (Å²) in [6.45, 7) is 2.26. The Kier molecular flexibility index (Phi) is 3.35. The maximum absolute atomic E-state index is 9.63. The molecule has 2 atom stereocenters. The van der Waals surface area contributed by atoms with Crippen LogP contribution in [0.25, 0.3) is 0 Å². The highest BCUT2D eigenvalue weighted by Crippen LogP contribution is 2.45. The number of fused-ring (bicyclic) bond motifs is 1. The third kappa shape index (κ3) is 2.41. The van der Waals surface area contributed by atoms with Gasteiger partial charge < -0.3 is 0 Å². The van der Waals surface area contributed by atoms with E-state index in [-0.39, 0.29) is 5.41 Å². The quantitative estimate of drug-likeness (QED) is 0.781. The van der Waals surface area contributed by atoms with Crippen LogP contribution in [-0.4, -0.2) is 0 Å². The smallest absolute Gasteiger partial charge is 0.0693 e. The van der Waals surface area contributed by atoms with Crippen LogP contribution >= 0.6 is 0 Å². The molecule has 0 spiro atoms. The summed E-state index contributed by atoms with van der Waals surface area (Å²) in [6.07, 6.45) is 9.43. The average molecular weight is 253 g/mol. The molecule has 1 nitrogen and oxygen atoms in total. The number of benzene rings is 1. The third-order valence-corrected chi connectivity index (χ3v) is 5.23. The third-order valence-electron chi connectivity index (χ3n) is 5.23. The Hall–Kier alpha value is -1.29. The van der Waals surface area contributed by atoms with Crippen LogP contribution in [0.4, 0.5) is 0 Å². The van der Waals surface area contributed by atoms with Gasteiger partial charge in [-0.15, -0.1) is 0 Å². The number of hydrogen-bond acceptors (Lipinski definition) is 1. The summed E-state index contributed by atoms with van der Waals surface area (Å²) < 4.78 is 0. The fourth-order valence-electron chi connectivity index (χ4n) is 4.01. The van der Waals surface area contributed by atoms with Gasteiger partial charge in [0.1, 0.15) is 0 Å². The predicted octanol–water partition coefficient (Wildman–Crippen LogP) is 4.44. The lowest BCUT2D eigenvalue weighted by Gasteiger charge is -2.21. The van der Waals surface area contributed by atoms with Crippen molar-refractivity contribution in [1.29, 1.82) is 5.26 Å². The Balaban J connectivity index is 1.79. The Bertz CT molecular complexity index is 511. The largest absolute Gasteiger partial charge is 0.198 e. The molecule has 0 radical (unpaired) electrons. The van der Waals surface area contributed by atoms with Crippen LogP contribution in [0, 0.1) is 22.7 Å². The van der Waals surface area contributed by atoms with Gasteiger partial charge in [0.15, 0.2) is 0 Å². The van der Waals surface area contributed by atoms with E-state index in [2.05, 4.69) is 31.2 Å². The summed E-state index contributed by atoms with van der Waals surface area (Å²) in [5.74, 6) is 0.772. The van der Waals surface area contributed by atoms with Crippen LogP contribution in [0.3, 0.4) is 0 Å². The van der Waals surface area contributed by atoms with Crippen molar-refractivity contribution in [3.05, 3.63) is 34.9 Å². The monoisotopic (exact) mass is 253 g/mol. The first kappa shape index (κ1) is 12.7. The number of nitrogens with zero attached hydrogens (tertiary/aromatic N) is 1. The first-order valence-electron chi connectivity index (χ1n) is 7.76. The van der Waals surface area contributed by atoms with Gasteiger partial charge in [0, 0.05) is 0 Å². The molecule has 100 valence electrons. The van der Waals surface area contributed by atoms with Crippen molar-refractivity contribution in [3.8, 4) is 6.07 Å². The highest BCUT2D eigenvalue weighted by Gasteiger charge is 2.38. The zero-order chi connectivity index (χ0) is 13.3. The van der Waals surface area contributed by atoms with Crippen molar-refractivity contribution >= 4 is 0 Å². The van der Waals surface area contributed by atoms with Gasteiger partial charge in [-0.1, -0.05) is 31.5 Å². The molecule has 2 unspecified atom stereocenters. The van der Waals surface area contributed by atoms with Gasteiger partial charge >= 0.3 is 0 Å². The van der Waals surface area contributed by atoms with Crippen LogP contribution in [-0.2, 0) is 19.3 Å². The SMILES string of the molecule is CCC1CCC(C#N)(Cc2ccc3c(c2)CCC3)C1. The van der Waals surface area contributed by atoms with E-state index >= 15 is 0 Å². The van der Waals surface area contributed by atoms with E-state index < -0.39 is 0 Å². The fourth-order valence-corrected chi connectivity index (χ4v) is 4.01. The van der Waals surface area contributed by atoms with Crippen LogP contribution < -0.4 is 0 Å². The molecule has 0 heterocycles. The topological polar surface area (TPSA) is 23.8 Å².